The highest BCUT2D eigenvalue weighted by Gasteiger charge is 2.25. The topological polar surface area (TPSA) is 80.9 Å². The summed E-state index contributed by atoms with van der Waals surface area (Å²) < 4.78 is 5.10. The van der Waals surface area contributed by atoms with Crippen LogP contribution in [0, 0.1) is 12.8 Å². The average Bonchev–Trinajstić information content (AvgIpc) is 3.05. The molecular formula is C20H22N4O2. The molecule has 1 atom stereocenters. The summed E-state index contributed by atoms with van der Waals surface area (Å²) in [4.78, 5) is 22.0. The Morgan fingerprint density at radius 2 is 2.15 bits per heavy atom. The van der Waals surface area contributed by atoms with Crippen LogP contribution >= 0.6 is 0 Å². The molecule has 0 aliphatic heterocycles. The SMILES string of the molecule is Cc1noc(CCNC(=O)c2c3c(nc4ccccc24)CC[C@H](C)C3)n1. The number of hydrogen-bond donors (Lipinski definition) is 1. The van der Waals surface area contributed by atoms with Crippen molar-refractivity contribution in [3.8, 4) is 0 Å². The van der Waals surface area contributed by atoms with E-state index in [0.29, 0.717) is 30.6 Å². The Labute approximate surface area is 152 Å². The van der Waals surface area contributed by atoms with E-state index in [4.69, 9.17) is 9.51 Å². The molecule has 6 heteroatoms. The molecule has 1 aromatic carbocycles. The smallest absolute Gasteiger partial charge is 0.252 e. The first-order valence-electron chi connectivity index (χ1n) is 9.09. The van der Waals surface area contributed by atoms with Gasteiger partial charge in [-0.15, -0.1) is 0 Å². The molecule has 0 spiro atoms. The van der Waals surface area contributed by atoms with Crippen molar-refractivity contribution < 1.29 is 9.32 Å². The standard InChI is InChI=1S/C20H22N4O2/c1-12-7-8-17-15(11-12)19(14-5-3-4-6-16(14)23-17)20(25)21-10-9-18-22-13(2)24-26-18/h3-6,12H,7-11H2,1-2H3,(H,21,25)/t12-/m0/s1. The lowest BCUT2D eigenvalue weighted by atomic mass is 9.84. The molecule has 1 aliphatic carbocycles. The van der Waals surface area contributed by atoms with Gasteiger partial charge in [-0.25, -0.2) is 0 Å². The van der Waals surface area contributed by atoms with E-state index in [2.05, 4.69) is 22.4 Å². The minimum atomic E-state index is -0.0508. The fourth-order valence-corrected chi connectivity index (χ4v) is 3.63. The highest BCUT2D eigenvalue weighted by molar-refractivity contribution is 6.07. The number of rotatable bonds is 4. The quantitative estimate of drug-likeness (QED) is 0.782. The third-order valence-electron chi connectivity index (χ3n) is 4.93. The van der Waals surface area contributed by atoms with Gasteiger partial charge in [-0.3, -0.25) is 9.78 Å². The van der Waals surface area contributed by atoms with Crippen LogP contribution in [0.1, 0.15) is 46.7 Å². The Bertz CT molecular complexity index is 964. The molecule has 134 valence electrons. The number of hydrogen-bond acceptors (Lipinski definition) is 5. The zero-order valence-corrected chi connectivity index (χ0v) is 15.1. The third-order valence-corrected chi connectivity index (χ3v) is 4.93. The van der Waals surface area contributed by atoms with Gasteiger partial charge in [-0.1, -0.05) is 30.3 Å². The summed E-state index contributed by atoms with van der Waals surface area (Å²) in [5, 5.41) is 7.71. The van der Waals surface area contributed by atoms with Crippen LogP contribution in [-0.4, -0.2) is 27.6 Å². The normalized spacial score (nSPS) is 16.5. The average molecular weight is 350 g/mol. The number of carbonyl (C=O) groups is 1. The molecule has 1 N–H and O–H groups in total. The van der Waals surface area contributed by atoms with Crippen molar-refractivity contribution >= 4 is 16.8 Å². The van der Waals surface area contributed by atoms with Gasteiger partial charge in [-0.05, 0) is 43.7 Å². The minimum absolute atomic E-state index is 0.0508. The van der Waals surface area contributed by atoms with Crippen LogP contribution < -0.4 is 5.32 Å². The summed E-state index contributed by atoms with van der Waals surface area (Å²) in [6.45, 7) is 4.47. The van der Waals surface area contributed by atoms with E-state index in [-0.39, 0.29) is 5.91 Å². The summed E-state index contributed by atoms with van der Waals surface area (Å²) in [6.07, 6.45) is 3.48. The molecule has 0 saturated heterocycles. The first-order valence-corrected chi connectivity index (χ1v) is 9.09. The molecular weight excluding hydrogens is 328 g/mol. The maximum Gasteiger partial charge on any atom is 0.252 e. The van der Waals surface area contributed by atoms with E-state index >= 15 is 0 Å². The maximum atomic E-state index is 13.0. The number of aromatic nitrogens is 3. The number of fused-ring (bicyclic) bond motifs is 2. The molecule has 1 aliphatic rings. The summed E-state index contributed by atoms with van der Waals surface area (Å²) in [7, 11) is 0. The number of nitrogens with zero attached hydrogens (tertiary/aromatic N) is 3. The Morgan fingerprint density at radius 1 is 1.31 bits per heavy atom. The van der Waals surface area contributed by atoms with Gasteiger partial charge in [0.1, 0.15) is 0 Å². The van der Waals surface area contributed by atoms with Crippen molar-refractivity contribution in [2.75, 3.05) is 6.54 Å². The van der Waals surface area contributed by atoms with Crippen LogP contribution in [0.4, 0.5) is 0 Å². The van der Waals surface area contributed by atoms with Crippen molar-refractivity contribution in [1.29, 1.82) is 0 Å². The molecule has 0 bridgehead atoms. The Morgan fingerprint density at radius 3 is 2.96 bits per heavy atom. The van der Waals surface area contributed by atoms with Gasteiger partial charge in [-0.2, -0.15) is 4.98 Å². The number of carbonyl (C=O) groups excluding carboxylic acids is 1. The van der Waals surface area contributed by atoms with Gasteiger partial charge in [0, 0.05) is 24.0 Å². The van der Waals surface area contributed by atoms with Crippen LogP contribution in [0.15, 0.2) is 28.8 Å². The molecule has 6 nitrogen and oxygen atoms in total. The second-order valence-corrected chi connectivity index (χ2v) is 7.02. The fraction of sp³-hybridized carbons (Fsp3) is 0.400. The van der Waals surface area contributed by atoms with Crippen LogP contribution in [0.3, 0.4) is 0 Å². The molecule has 0 radical (unpaired) electrons. The maximum absolute atomic E-state index is 13.0. The van der Waals surface area contributed by atoms with Crippen molar-refractivity contribution in [1.82, 2.24) is 20.4 Å². The molecule has 0 saturated carbocycles. The lowest BCUT2D eigenvalue weighted by molar-refractivity contribution is 0.0953. The number of amides is 1. The molecule has 4 rings (SSSR count). The summed E-state index contributed by atoms with van der Waals surface area (Å²) in [5.41, 5.74) is 3.84. The number of benzene rings is 1. The molecule has 0 unspecified atom stereocenters. The van der Waals surface area contributed by atoms with E-state index < -0.39 is 0 Å². The molecule has 2 heterocycles. The van der Waals surface area contributed by atoms with Gasteiger partial charge in [0.05, 0.1) is 11.1 Å². The molecule has 3 aromatic rings. The van der Waals surface area contributed by atoms with Crippen molar-refractivity contribution in [3.05, 3.63) is 52.8 Å². The predicted octanol–water partition coefficient (Wildman–Crippen LogP) is 3.02. The summed E-state index contributed by atoms with van der Waals surface area (Å²) >= 11 is 0. The zero-order valence-electron chi connectivity index (χ0n) is 15.1. The number of para-hydroxylation sites is 1. The summed E-state index contributed by atoms with van der Waals surface area (Å²) in [5.74, 6) is 1.66. The highest BCUT2D eigenvalue weighted by Crippen LogP contribution is 2.31. The largest absolute Gasteiger partial charge is 0.351 e. The van der Waals surface area contributed by atoms with E-state index in [1.807, 2.05) is 24.3 Å². The van der Waals surface area contributed by atoms with E-state index in [0.717, 1.165) is 47.0 Å². The monoisotopic (exact) mass is 350 g/mol. The zero-order chi connectivity index (χ0) is 18.1. The van der Waals surface area contributed by atoms with Crippen molar-refractivity contribution in [2.45, 2.75) is 39.5 Å². The van der Waals surface area contributed by atoms with Crippen molar-refractivity contribution in [2.24, 2.45) is 5.92 Å². The van der Waals surface area contributed by atoms with Gasteiger partial charge in [0.2, 0.25) is 5.89 Å². The van der Waals surface area contributed by atoms with Gasteiger partial charge >= 0.3 is 0 Å². The second kappa shape index (κ2) is 6.86. The van der Waals surface area contributed by atoms with Gasteiger partial charge < -0.3 is 9.84 Å². The predicted molar refractivity (Wildman–Crippen MR) is 98.0 cm³/mol. The summed E-state index contributed by atoms with van der Waals surface area (Å²) in [6, 6.07) is 7.89. The Hall–Kier alpha value is -2.76. The van der Waals surface area contributed by atoms with Crippen LogP contribution in [0.2, 0.25) is 0 Å². The number of pyridine rings is 1. The number of nitrogens with one attached hydrogen (secondary N) is 1. The minimum Gasteiger partial charge on any atom is -0.351 e. The van der Waals surface area contributed by atoms with Gasteiger partial charge in [0.15, 0.2) is 5.82 Å². The third kappa shape index (κ3) is 3.19. The van der Waals surface area contributed by atoms with Crippen LogP contribution in [0.25, 0.3) is 10.9 Å². The van der Waals surface area contributed by atoms with Crippen LogP contribution in [-0.2, 0) is 19.3 Å². The molecule has 26 heavy (non-hydrogen) atoms. The van der Waals surface area contributed by atoms with Crippen LogP contribution in [0.5, 0.6) is 0 Å². The second-order valence-electron chi connectivity index (χ2n) is 7.02. The van der Waals surface area contributed by atoms with Crippen molar-refractivity contribution in [3.63, 3.8) is 0 Å². The Kier molecular flexibility index (Phi) is 4.41. The highest BCUT2D eigenvalue weighted by atomic mass is 16.5. The Balaban J connectivity index is 1.63. The molecule has 0 fully saturated rings. The fourth-order valence-electron chi connectivity index (χ4n) is 3.63. The van der Waals surface area contributed by atoms with Gasteiger partial charge in [0.25, 0.3) is 5.91 Å². The number of aryl methyl sites for hydroxylation is 2. The molecule has 2 aromatic heterocycles. The molecule has 1 amide bonds. The lowest BCUT2D eigenvalue weighted by Crippen LogP contribution is -2.29. The first kappa shape index (κ1) is 16.7. The van der Waals surface area contributed by atoms with E-state index in [1.165, 1.54) is 0 Å². The first-order chi connectivity index (χ1) is 12.6. The lowest BCUT2D eigenvalue weighted by Gasteiger charge is -2.24. The van der Waals surface area contributed by atoms with E-state index in [1.54, 1.807) is 6.92 Å². The van der Waals surface area contributed by atoms with E-state index in [9.17, 15) is 4.79 Å².